The number of benzene rings is 2. The van der Waals surface area contributed by atoms with Crippen LogP contribution >= 0.6 is 8.46 Å². The molecule has 2 aromatic rings. The summed E-state index contributed by atoms with van der Waals surface area (Å²) in [5, 5.41) is 14.6. The van der Waals surface area contributed by atoms with Crippen LogP contribution in [0.5, 0.6) is 0 Å². The van der Waals surface area contributed by atoms with E-state index < -0.39 is 6.10 Å². The van der Waals surface area contributed by atoms with Crippen molar-refractivity contribution < 1.29 is 9.76 Å². The summed E-state index contributed by atoms with van der Waals surface area (Å²) in [4.78, 5) is 0. The molecule has 2 aromatic carbocycles. The second kappa shape index (κ2) is 8.96. The zero-order chi connectivity index (χ0) is 14.9. The molecule has 0 spiro atoms. The number of aliphatic hydroxyl groups excluding tert-OH is 1. The minimum Gasteiger partial charge on any atom is -0.422 e. The molecule has 0 bridgehead atoms. The summed E-state index contributed by atoms with van der Waals surface area (Å²) < 4.78 is 5.46. The first-order valence-electron chi connectivity index (χ1n) is 6.98. The van der Waals surface area contributed by atoms with Crippen molar-refractivity contribution in [3.8, 4) is 0 Å². The van der Waals surface area contributed by atoms with Gasteiger partial charge in [-0.3, -0.25) is 5.32 Å². The Morgan fingerprint density at radius 2 is 1.71 bits per heavy atom. The highest BCUT2D eigenvalue weighted by atomic mass is 31.1. The van der Waals surface area contributed by atoms with E-state index in [1.807, 2.05) is 62.7 Å². The van der Waals surface area contributed by atoms with E-state index in [0.29, 0.717) is 15.2 Å². The molecule has 0 aliphatic rings. The second-order valence-corrected chi connectivity index (χ2v) is 5.89. The van der Waals surface area contributed by atoms with E-state index in [4.69, 9.17) is 4.65 Å². The molecule has 0 aliphatic carbocycles. The maximum absolute atomic E-state index is 10.2. The third-order valence-corrected chi connectivity index (χ3v) is 4.14. The van der Waals surface area contributed by atoms with E-state index in [1.54, 1.807) is 0 Å². The summed E-state index contributed by atoms with van der Waals surface area (Å²) in [5.74, 6) is 0. The summed E-state index contributed by atoms with van der Waals surface area (Å²) in [6.45, 7) is 2.34. The molecule has 0 aliphatic heterocycles. The smallest absolute Gasteiger partial charge is 0.328 e. The van der Waals surface area contributed by atoms with Crippen LogP contribution in [0.1, 0.15) is 18.6 Å². The molecular formula is C16H20BNO2P. The number of rotatable bonds is 8. The highest BCUT2D eigenvalue weighted by Gasteiger charge is 2.15. The standard InChI is InChI=1S/C16H20BNO2P/c1-13(16(19)14-8-4-2-5-9-14)18-12-20-17-21-15-10-6-3-7-11-15/h2-11,13,16,18-19,21H,12H2,1H3/t13-,16-/m1/s1. The van der Waals surface area contributed by atoms with Crippen molar-refractivity contribution in [3.63, 3.8) is 0 Å². The van der Waals surface area contributed by atoms with Gasteiger partial charge in [0.1, 0.15) is 0 Å². The fraction of sp³-hybridized carbons (Fsp3) is 0.250. The maximum atomic E-state index is 10.2. The molecule has 0 fully saturated rings. The van der Waals surface area contributed by atoms with Crippen LogP contribution in [-0.2, 0) is 4.65 Å². The molecule has 3 nitrogen and oxygen atoms in total. The number of hydrogen-bond donors (Lipinski definition) is 2. The monoisotopic (exact) mass is 300 g/mol. The average molecular weight is 300 g/mol. The highest BCUT2D eigenvalue weighted by molar-refractivity contribution is 7.76. The van der Waals surface area contributed by atoms with Crippen LogP contribution in [0, 0.1) is 0 Å². The second-order valence-electron chi connectivity index (χ2n) is 4.79. The summed E-state index contributed by atoms with van der Waals surface area (Å²) in [7, 11) is 2.34. The van der Waals surface area contributed by atoms with Gasteiger partial charge in [-0.15, -0.1) is 0 Å². The number of aliphatic hydroxyl groups is 1. The molecule has 1 unspecified atom stereocenters. The molecule has 3 atom stereocenters. The number of hydrogen-bond acceptors (Lipinski definition) is 3. The van der Waals surface area contributed by atoms with Gasteiger partial charge in [0.2, 0.25) is 0 Å². The maximum Gasteiger partial charge on any atom is 0.328 e. The predicted octanol–water partition coefficient (Wildman–Crippen LogP) is 2.21. The SMILES string of the molecule is C[C@@H](NCO[B]Pc1ccccc1)[C@@H](O)c1ccccc1. The van der Waals surface area contributed by atoms with Gasteiger partial charge in [-0.2, -0.15) is 0 Å². The Morgan fingerprint density at radius 1 is 1.10 bits per heavy atom. The molecule has 5 heteroatoms. The van der Waals surface area contributed by atoms with Crippen molar-refractivity contribution in [1.29, 1.82) is 0 Å². The third kappa shape index (κ3) is 5.60. The first kappa shape index (κ1) is 16.2. The van der Waals surface area contributed by atoms with Gasteiger partial charge < -0.3 is 9.76 Å². The lowest BCUT2D eigenvalue weighted by Crippen LogP contribution is -2.34. The van der Waals surface area contributed by atoms with Crippen LogP contribution in [0.2, 0.25) is 0 Å². The van der Waals surface area contributed by atoms with E-state index in [2.05, 4.69) is 17.4 Å². The lowest BCUT2D eigenvalue weighted by atomic mass is 10.0. The van der Waals surface area contributed by atoms with Crippen molar-refractivity contribution in [3.05, 3.63) is 66.2 Å². The fourth-order valence-corrected chi connectivity index (χ4v) is 2.60. The van der Waals surface area contributed by atoms with Crippen molar-refractivity contribution in [1.82, 2.24) is 5.32 Å². The Kier molecular flexibility index (Phi) is 6.91. The number of nitrogens with one attached hydrogen (secondary N) is 1. The van der Waals surface area contributed by atoms with Crippen LogP contribution in [0.25, 0.3) is 0 Å². The molecule has 0 amide bonds. The van der Waals surface area contributed by atoms with Gasteiger partial charge in [-0.25, -0.2) is 0 Å². The Balaban J connectivity index is 1.64. The summed E-state index contributed by atoms with van der Waals surface area (Å²) >= 11 is 0. The average Bonchev–Trinajstić information content (AvgIpc) is 2.55. The van der Waals surface area contributed by atoms with Gasteiger partial charge in [-0.05, 0) is 17.8 Å². The first-order valence-corrected chi connectivity index (χ1v) is 8.06. The summed E-state index contributed by atoms with van der Waals surface area (Å²) in [6.07, 6.45) is -0.536. The van der Waals surface area contributed by atoms with Crippen molar-refractivity contribution >= 4 is 21.0 Å². The first-order chi connectivity index (χ1) is 10.3. The zero-order valence-corrected chi connectivity index (χ0v) is 13.1. The van der Waals surface area contributed by atoms with Crippen molar-refractivity contribution in [2.75, 3.05) is 6.73 Å². The Hall–Kier alpha value is -1.19. The summed E-state index contributed by atoms with van der Waals surface area (Å²) in [5.41, 5.74) is 0.910. The quantitative estimate of drug-likeness (QED) is 0.340. The molecule has 1 radical (unpaired) electrons. The molecule has 0 saturated heterocycles. The van der Waals surface area contributed by atoms with Crippen LogP contribution in [0.4, 0.5) is 0 Å². The van der Waals surface area contributed by atoms with Crippen LogP contribution in [0.15, 0.2) is 60.7 Å². The molecule has 2 N–H and O–H groups in total. The van der Waals surface area contributed by atoms with Gasteiger partial charge in [0.25, 0.3) is 0 Å². The molecular weight excluding hydrogens is 280 g/mol. The zero-order valence-electron chi connectivity index (χ0n) is 12.1. The third-order valence-electron chi connectivity index (χ3n) is 3.19. The molecule has 109 valence electrons. The largest absolute Gasteiger partial charge is 0.422 e. The van der Waals surface area contributed by atoms with Gasteiger partial charge in [0.15, 0.2) is 0 Å². The van der Waals surface area contributed by atoms with Crippen LogP contribution in [-0.4, -0.2) is 25.1 Å². The summed E-state index contributed by atoms with van der Waals surface area (Å²) in [6, 6.07) is 19.8. The van der Waals surface area contributed by atoms with Gasteiger partial charge in [0, 0.05) is 6.04 Å². The highest BCUT2D eigenvalue weighted by Crippen LogP contribution is 2.15. The van der Waals surface area contributed by atoms with Gasteiger partial charge in [-0.1, -0.05) is 69.1 Å². The predicted molar refractivity (Wildman–Crippen MR) is 90.1 cm³/mol. The Bertz CT molecular complexity index is 512. The lowest BCUT2D eigenvalue weighted by Gasteiger charge is -2.20. The Morgan fingerprint density at radius 3 is 2.38 bits per heavy atom. The van der Waals surface area contributed by atoms with Gasteiger partial charge >= 0.3 is 7.20 Å². The van der Waals surface area contributed by atoms with E-state index in [9.17, 15) is 5.11 Å². The van der Waals surface area contributed by atoms with Crippen LogP contribution in [0.3, 0.4) is 0 Å². The van der Waals surface area contributed by atoms with E-state index in [0.717, 1.165) is 5.56 Å². The van der Waals surface area contributed by atoms with Gasteiger partial charge in [0.05, 0.1) is 12.8 Å². The molecule has 0 aromatic heterocycles. The lowest BCUT2D eigenvalue weighted by molar-refractivity contribution is 0.121. The molecule has 0 heterocycles. The van der Waals surface area contributed by atoms with E-state index in [1.165, 1.54) is 5.30 Å². The molecule has 0 saturated carbocycles. The van der Waals surface area contributed by atoms with Crippen molar-refractivity contribution in [2.45, 2.75) is 19.1 Å². The van der Waals surface area contributed by atoms with E-state index >= 15 is 0 Å². The van der Waals surface area contributed by atoms with Crippen molar-refractivity contribution in [2.24, 2.45) is 0 Å². The van der Waals surface area contributed by atoms with E-state index in [-0.39, 0.29) is 6.04 Å². The fourth-order valence-electron chi connectivity index (χ4n) is 1.92. The van der Waals surface area contributed by atoms with Crippen LogP contribution < -0.4 is 10.6 Å². The normalized spacial score (nSPS) is 14.2. The Labute approximate surface area is 128 Å². The molecule has 21 heavy (non-hydrogen) atoms. The minimum absolute atomic E-state index is 0.0686. The topological polar surface area (TPSA) is 41.5 Å². The molecule has 2 rings (SSSR count). The minimum atomic E-state index is -0.536.